The van der Waals surface area contributed by atoms with Crippen molar-refractivity contribution in [1.82, 2.24) is 15.2 Å². The van der Waals surface area contributed by atoms with Crippen LogP contribution in [-0.4, -0.2) is 70.9 Å². The highest BCUT2D eigenvalue weighted by Gasteiger charge is 2.22. The number of piperazine rings is 1. The molecule has 1 aliphatic heterocycles. The molecule has 1 fully saturated rings. The Balaban J connectivity index is 1.69. The molecule has 9 heteroatoms. The lowest BCUT2D eigenvalue weighted by Crippen LogP contribution is -2.52. The molecule has 0 saturated carbocycles. The Morgan fingerprint density at radius 2 is 2.10 bits per heavy atom. The van der Waals surface area contributed by atoms with E-state index in [-0.39, 0.29) is 19.0 Å². The van der Waals surface area contributed by atoms with Crippen LogP contribution < -0.4 is 10.2 Å². The number of hydrogen-bond acceptors (Lipinski definition) is 6. The van der Waals surface area contributed by atoms with Gasteiger partial charge in [0.25, 0.3) is 0 Å². The fourth-order valence-electron chi connectivity index (χ4n) is 2.02. The van der Waals surface area contributed by atoms with Crippen LogP contribution in [0.1, 0.15) is 6.42 Å². The van der Waals surface area contributed by atoms with Gasteiger partial charge in [-0.05, 0) is 0 Å². The normalized spacial score (nSPS) is 16.6. The van der Waals surface area contributed by atoms with Gasteiger partial charge >= 0.3 is 12.0 Å². The van der Waals surface area contributed by atoms with Crippen molar-refractivity contribution < 1.29 is 19.8 Å². The van der Waals surface area contributed by atoms with Crippen molar-refractivity contribution in [2.24, 2.45) is 0 Å². The molecular formula is C12H18N4O4S. The van der Waals surface area contributed by atoms with Gasteiger partial charge < -0.3 is 25.3 Å². The average molecular weight is 314 g/mol. The Morgan fingerprint density at radius 1 is 1.38 bits per heavy atom. The molecule has 0 aliphatic carbocycles. The van der Waals surface area contributed by atoms with Gasteiger partial charge in [-0.3, -0.25) is 0 Å². The fourth-order valence-corrected chi connectivity index (χ4v) is 2.72. The number of aromatic nitrogens is 1. The lowest BCUT2D eigenvalue weighted by atomic mass is 10.2. The van der Waals surface area contributed by atoms with Crippen LogP contribution in [0.5, 0.6) is 0 Å². The molecule has 1 aromatic heterocycles. The highest BCUT2D eigenvalue weighted by molar-refractivity contribution is 7.13. The molecule has 2 amide bonds. The highest BCUT2D eigenvalue weighted by atomic mass is 32.1. The number of aliphatic carboxylic acids is 1. The minimum absolute atomic E-state index is 0.000152. The van der Waals surface area contributed by atoms with Gasteiger partial charge in [0.15, 0.2) is 11.2 Å². The van der Waals surface area contributed by atoms with Crippen LogP contribution in [0.4, 0.5) is 9.93 Å². The maximum Gasteiger partial charge on any atom is 0.332 e. The number of urea groups is 1. The Kier molecular flexibility index (Phi) is 5.34. The van der Waals surface area contributed by atoms with E-state index in [1.807, 2.05) is 5.38 Å². The molecule has 116 valence electrons. The SMILES string of the molecule is O=C(O)C(O)CCNC(=O)N1CCN(c2nccs2)CC1. The summed E-state index contributed by atoms with van der Waals surface area (Å²) in [6.45, 7) is 2.76. The van der Waals surface area contributed by atoms with Crippen molar-refractivity contribution in [3.05, 3.63) is 11.6 Å². The Labute approximate surface area is 126 Å². The Bertz CT molecular complexity index is 474. The molecule has 2 heterocycles. The Morgan fingerprint density at radius 3 is 2.67 bits per heavy atom. The number of carbonyl (C=O) groups is 2. The van der Waals surface area contributed by atoms with Crippen LogP contribution in [0.15, 0.2) is 11.6 Å². The first-order valence-electron chi connectivity index (χ1n) is 6.66. The summed E-state index contributed by atoms with van der Waals surface area (Å²) in [5.41, 5.74) is 0. The second-order valence-corrected chi connectivity index (χ2v) is 5.54. The predicted molar refractivity (Wildman–Crippen MR) is 77.6 cm³/mol. The van der Waals surface area contributed by atoms with Crippen LogP contribution in [0.2, 0.25) is 0 Å². The summed E-state index contributed by atoms with van der Waals surface area (Å²) in [4.78, 5) is 30.4. The lowest BCUT2D eigenvalue weighted by molar-refractivity contribution is -0.146. The number of hydrogen-bond donors (Lipinski definition) is 3. The van der Waals surface area contributed by atoms with E-state index in [0.29, 0.717) is 13.1 Å². The molecule has 0 spiro atoms. The van der Waals surface area contributed by atoms with Crippen molar-refractivity contribution in [2.45, 2.75) is 12.5 Å². The minimum atomic E-state index is -1.44. The number of carboxylic acid groups (broad SMARTS) is 1. The van der Waals surface area contributed by atoms with Crippen LogP contribution in [0.25, 0.3) is 0 Å². The van der Waals surface area contributed by atoms with Crippen LogP contribution >= 0.6 is 11.3 Å². The summed E-state index contributed by atoms with van der Waals surface area (Å²) in [6, 6.07) is -0.230. The standard InChI is InChI=1S/C12H18N4O4S/c17-9(10(18)19)1-2-13-11(20)15-4-6-16(7-5-15)12-14-3-8-21-12/h3,8-9,17H,1-2,4-7H2,(H,13,20)(H,18,19). The molecule has 2 rings (SSSR count). The number of carboxylic acids is 1. The van der Waals surface area contributed by atoms with Gasteiger partial charge in [0.2, 0.25) is 0 Å². The molecule has 21 heavy (non-hydrogen) atoms. The van der Waals surface area contributed by atoms with Gasteiger partial charge in [-0.2, -0.15) is 0 Å². The van der Waals surface area contributed by atoms with Crippen molar-refractivity contribution in [3.8, 4) is 0 Å². The van der Waals surface area contributed by atoms with Gasteiger partial charge in [-0.15, -0.1) is 11.3 Å². The van der Waals surface area contributed by atoms with E-state index in [1.54, 1.807) is 22.4 Å². The minimum Gasteiger partial charge on any atom is -0.479 e. The third-order valence-corrected chi connectivity index (χ3v) is 4.07. The number of aliphatic hydroxyl groups is 1. The molecule has 1 aromatic rings. The molecular weight excluding hydrogens is 296 g/mol. The van der Waals surface area contributed by atoms with Crippen LogP contribution in [0.3, 0.4) is 0 Å². The van der Waals surface area contributed by atoms with E-state index in [0.717, 1.165) is 18.2 Å². The van der Waals surface area contributed by atoms with E-state index in [9.17, 15) is 9.59 Å². The zero-order chi connectivity index (χ0) is 15.2. The van der Waals surface area contributed by atoms with Gasteiger partial charge in [0.05, 0.1) is 0 Å². The van der Waals surface area contributed by atoms with Gasteiger partial charge in [-0.1, -0.05) is 0 Å². The van der Waals surface area contributed by atoms with E-state index in [2.05, 4.69) is 15.2 Å². The maximum absolute atomic E-state index is 11.9. The van der Waals surface area contributed by atoms with E-state index >= 15 is 0 Å². The number of thiazole rings is 1. The van der Waals surface area contributed by atoms with Gasteiger partial charge in [0, 0.05) is 50.7 Å². The van der Waals surface area contributed by atoms with Crippen molar-refractivity contribution in [2.75, 3.05) is 37.6 Å². The van der Waals surface area contributed by atoms with Crippen molar-refractivity contribution in [3.63, 3.8) is 0 Å². The summed E-state index contributed by atoms with van der Waals surface area (Å²) < 4.78 is 0. The van der Waals surface area contributed by atoms with Gasteiger partial charge in [0.1, 0.15) is 0 Å². The number of carbonyl (C=O) groups excluding carboxylic acids is 1. The predicted octanol–water partition coefficient (Wildman–Crippen LogP) is -0.190. The molecule has 1 saturated heterocycles. The molecule has 0 aromatic carbocycles. The smallest absolute Gasteiger partial charge is 0.332 e. The summed E-state index contributed by atoms with van der Waals surface area (Å²) in [5, 5.41) is 23.1. The summed E-state index contributed by atoms with van der Waals surface area (Å²) in [6.07, 6.45) is 0.319. The van der Waals surface area contributed by atoms with Crippen molar-refractivity contribution >= 4 is 28.5 Å². The average Bonchev–Trinajstić information content (AvgIpc) is 3.01. The number of anilines is 1. The first kappa shape index (κ1) is 15.5. The highest BCUT2D eigenvalue weighted by Crippen LogP contribution is 2.18. The molecule has 8 nitrogen and oxygen atoms in total. The second kappa shape index (κ2) is 7.23. The number of aliphatic hydroxyl groups excluding tert-OH is 1. The van der Waals surface area contributed by atoms with E-state index < -0.39 is 12.1 Å². The summed E-state index contributed by atoms with van der Waals surface area (Å²) in [5.74, 6) is -1.28. The molecule has 0 radical (unpaired) electrons. The van der Waals surface area contributed by atoms with Gasteiger partial charge in [-0.25, -0.2) is 14.6 Å². The zero-order valence-electron chi connectivity index (χ0n) is 11.4. The first-order valence-corrected chi connectivity index (χ1v) is 7.54. The summed E-state index contributed by atoms with van der Waals surface area (Å²) >= 11 is 1.57. The summed E-state index contributed by atoms with van der Waals surface area (Å²) in [7, 11) is 0. The number of nitrogens with one attached hydrogen (secondary N) is 1. The number of amides is 2. The van der Waals surface area contributed by atoms with E-state index in [1.165, 1.54) is 0 Å². The lowest BCUT2D eigenvalue weighted by Gasteiger charge is -2.34. The zero-order valence-corrected chi connectivity index (χ0v) is 12.3. The fraction of sp³-hybridized carbons (Fsp3) is 0.583. The Hall–Kier alpha value is -1.87. The topological polar surface area (TPSA) is 106 Å². The third kappa shape index (κ3) is 4.30. The monoisotopic (exact) mass is 314 g/mol. The quantitative estimate of drug-likeness (QED) is 0.695. The number of nitrogens with zero attached hydrogens (tertiary/aromatic N) is 3. The molecule has 3 N–H and O–H groups in total. The second-order valence-electron chi connectivity index (χ2n) is 4.66. The van der Waals surface area contributed by atoms with Crippen LogP contribution in [-0.2, 0) is 4.79 Å². The molecule has 1 unspecified atom stereocenters. The van der Waals surface area contributed by atoms with E-state index in [4.69, 9.17) is 10.2 Å². The molecule has 1 atom stereocenters. The maximum atomic E-state index is 11.9. The number of rotatable bonds is 5. The third-order valence-electron chi connectivity index (χ3n) is 3.24. The largest absolute Gasteiger partial charge is 0.479 e. The molecule has 1 aliphatic rings. The molecule has 0 bridgehead atoms. The van der Waals surface area contributed by atoms with Crippen molar-refractivity contribution in [1.29, 1.82) is 0 Å². The van der Waals surface area contributed by atoms with Crippen LogP contribution in [0, 0.1) is 0 Å². The first-order chi connectivity index (χ1) is 10.1.